The van der Waals surface area contributed by atoms with Gasteiger partial charge < -0.3 is 5.32 Å². The Kier molecular flexibility index (Phi) is 5.85. The van der Waals surface area contributed by atoms with Crippen molar-refractivity contribution in [2.75, 3.05) is 0 Å². The lowest BCUT2D eigenvalue weighted by Gasteiger charge is -2.21. The summed E-state index contributed by atoms with van der Waals surface area (Å²) in [5.41, 5.74) is 2.36. The summed E-state index contributed by atoms with van der Waals surface area (Å²) in [6.07, 6.45) is -4.02. The molecular weight excluding hydrogens is 251 g/mol. The second-order valence-electron chi connectivity index (χ2n) is 5.21. The minimum absolute atomic E-state index is 0.0814. The summed E-state index contributed by atoms with van der Waals surface area (Å²) < 4.78 is 36.2. The topological polar surface area (TPSA) is 12.0 Å². The first-order chi connectivity index (χ1) is 8.78. The molecule has 0 aliphatic carbocycles. The quantitative estimate of drug-likeness (QED) is 0.787. The van der Waals surface area contributed by atoms with Crippen molar-refractivity contribution in [1.29, 1.82) is 0 Å². The van der Waals surface area contributed by atoms with Gasteiger partial charge in [-0.1, -0.05) is 29.8 Å². The van der Waals surface area contributed by atoms with Crippen molar-refractivity contribution < 1.29 is 13.2 Å². The van der Waals surface area contributed by atoms with Crippen LogP contribution in [0.25, 0.3) is 0 Å². The molecule has 19 heavy (non-hydrogen) atoms. The molecule has 0 aliphatic rings. The molecule has 0 spiro atoms. The zero-order valence-corrected chi connectivity index (χ0v) is 11.7. The van der Waals surface area contributed by atoms with Crippen LogP contribution in [0.4, 0.5) is 13.2 Å². The van der Waals surface area contributed by atoms with E-state index in [0.717, 1.165) is 0 Å². The summed E-state index contributed by atoms with van der Waals surface area (Å²) in [5.74, 6) is 0. The number of rotatable bonds is 6. The maximum atomic E-state index is 12.1. The molecule has 0 amide bonds. The van der Waals surface area contributed by atoms with E-state index in [1.54, 1.807) is 0 Å². The van der Waals surface area contributed by atoms with Crippen LogP contribution in [-0.4, -0.2) is 12.2 Å². The van der Waals surface area contributed by atoms with Gasteiger partial charge in [0.25, 0.3) is 0 Å². The van der Waals surface area contributed by atoms with Crippen molar-refractivity contribution in [3.8, 4) is 0 Å². The number of hydrogen-bond donors (Lipinski definition) is 1. The Bertz CT molecular complexity index is 387. The summed E-state index contributed by atoms with van der Waals surface area (Å²) in [4.78, 5) is 0. The first kappa shape index (κ1) is 16.0. The molecule has 1 nitrogen and oxygen atoms in total. The molecule has 0 fully saturated rings. The average Bonchev–Trinajstić information content (AvgIpc) is 2.27. The third kappa shape index (κ3) is 6.62. The minimum atomic E-state index is -4.04. The fraction of sp³-hybridized carbons (Fsp3) is 0.600. The molecule has 108 valence electrons. The van der Waals surface area contributed by atoms with E-state index in [1.165, 1.54) is 11.1 Å². The normalized spacial score (nSPS) is 15.3. The number of hydrogen-bond acceptors (Lipinski definition) is 1. The molecule has 4 heteroatoms. The van der Waals surface area contributed by atoms with Gasteiger partial charge in [-0.2, -0.15) is 13.2 Å². The van der Waals surface area contributed by atoms with Crippen LogP contribution in [0, 0.1) is 6.92 Å². The Morgan fingerprint density at radius 2 is 1.89 bits per heavy atom. The lowest BCUT2D eigenvalue weighted by atomic mass is 10.0. The van der Waals surface area contributed by atoms with Gasteiger partial charge >= 0.3 is 6.18 Å². The zero-order valence-electron chi connectivity index (χ0n) is 11.7. The largest absolute Gasteiger partial charge is 0.389 e. The van der Waals surface area contributed by atoms with E-state index in [2.05, 4.69) is 11.4 Å². The number of aryl methyl sites for hydroxylation is 1. The Labute approximate surface area is 113 Å². The van der Waals surface area contributed by atoms with Gasteiger partial charge in [0.05, 0.1) is 0 Å². The van der Waals surface area contributed by atoms with Gasteiger partial charge in [0.15, 0.2) is 0 Å². The highest BCUT2D eigenvalue weighted by Gasteiger charge is 2.26. The molecule has 1 aromatic rings. The van der Waals surface area contributed by atoms with Crippen LogP contribution in [0.15, 0.2) is 24.3 Å². The molecule has 0 aliphatic heterocycles. The molecule has 0 heterocycles. The molecule has 0 aromatic heterocycles. The minimum Gasteiger partial charge on any atom is -0.308 e. The lowest BCUT2D eigenvalue weighted by Crippen LogP contribution is -2.29. The fourth-order valence-electron chi connectivity index (χ4n) is 2.15. The number of benzene rings is 1. The van der Waals surface area contributed by atoms with Crippen LogP contribution < -0.4 is 5.32 Å². The van der Waals surface area contributed by atoms with E-state index in [9.17, 15) is 13.2 Å². The van der Waals surface area contributed by atoms with Gasteiger partial charge in [0.2, 0.25) is 0 Å². The second kappa shape index (κ2) is 6.94. The Balaban J connectivity index is 2.38. The molecular formula is C15H22F3N. The van der Waals surface area contributed by atoms with E-state index < -0.39 is 12.6 Å². The van der Waals surface area contributed by atoms with Crippen molar-refractivity contribution in [2.24, 2.45) is 0 Å². The number of alkyl halides is 3. The van der Waals surface area contributed by atoms with Gasteiger partial charge in [-0.3, -0.25) is 0 Å². The molecule has 0 bridgehead atoms. The van der Waals surface area contributed by atoms with Gasteiger partial charge in [-0.15, -0.1) is 0 Å². The first-order valence-corrected chi connectivity index (χ1v) is 6.67. The number of halogens is 3. The standard InChI is InChI=1S/C15H22F3N/c1-11-6-4-8-14(10-11)13(3)19-12(2)7-5-9-15(16,17)18/h4,6,8,10,12-13,19H,5,7,9H2,1-3H3/t12?,13-/m1/s1. The Morgan fingerprint density at radius 3 is 2.47 bits per heavy atom. The maximum absolute atomic E-state index is 12.1. The first-order valence-electron chi connectivity index (χ1n) is 6.67. The number of nitrogens with one attached hydrogen (secondary N) is 1. The maximum Gasteiger partial charge on any atom is 0.389 e. The highest BCUT2D eigenvalue weighted by molar-refractivity contribution is 5.24. The van der Waals surface area contributed by atoms with E-state index in [4.69, 9.17) is 0 Å². The molecule has 0 saturated carbocycles. The summed E-state index contributed by atoms with van der Waals surface area (Å²) in [7, 11) is 0. The third-order valence-corrected chi connectivity index (χ3v) is 3.17. The van der Waals surface area contributed by atoms with E-state index in [1.807, 2.05) is 39.0 Å². The predicted octanol–water partition coefficient (Wildman–Crippen LogP) is 4.77. The predicted molar refractivity (Wildman–Crippen MR) is 72.1 cm³/mol. The van der Waals surface area contributed by atoms with Gasteiger partial charge in [-0.25, -0.2) is 0 Å². The van der Waals surface area contributed by atoms with Crippen molar-refractivity contribution >= 4 is 0 Å². The second-order valence-corrected chi connectivity index (χ2v) is 5.21. The van der Waals surface area contributed by atoms with Crippen LogP contribution in [0.1, 0.15) is 50.3 Å². The molecule has 1 aromatic carbocycles. The monoisotopic (exact) mass is 273 g/mol. The van der Waals surface area contributed by atoms with E-state index >= 15 is 0 Å². The SMILES string of the molecule is Cc1cccc([C@@H](C)NC(C)CCCC(F)(F)F)c1. The van der Waals surface area contributed by atoms with Crippen LogP contribution in [0.3, 0.4) is 0 Å². The van der Waals surface area contributed by atoms with Crippen LogP contribution in [0.2, 0.25) is 0 Å². The van der Waals surface area contributed by atoms with Crippen molar-refractivity contribution in [3.63, 3.8) is 0 Å². The van der Waals surface area contributed by atoms with E-state index in [0.29, 0.717) is 6.42 Å². The summed E-state index contributed by atoms with van der Waals surface area (Å²) in [6.45, 7) is 6.00. The molecule has 2 atom stereocenters. The van der Waals surface area contributed by atoms with Crippen molar-refractivity contribution in [1.82, 2.24) is 5.32 Å². The average molecular weight is 273 g/mol. The smallest absolute Gasteiger partial charge is 0.308 e. The molecule has 1 N–H and O–H groups in total. The zero-order chi connectivity index (χ0) is 14.5. The Morgan fingerprint density at radius 1 is 1.21 bits per heavy atom. The Hall–Kier alpha value is -1.03. The van der Waals surface area contributed by atoms with E-state index in [-0.39, 0.29) is 18.5 Å². The summed E-state index contributed by atoms with van der Waals surface area (Å²) in [5, 5.41) is 3.34. The fourth-order valence-corrected chi connectivity index (χ4v) is 2.15. The van der Waals surface area contributed by atoms with Crippen molar-refractivity contribution in [3.05, 3.63) is 35.4 Å². The van der Waals surface area contributed by atoms with Crippen LogP contribution >= 0.6 is 0 Å². The molecule has 1 rings (SSSR count). The highest BCUT2D eigenvalue weighted by Crippen LogP contribution is 2.23. The van der Waals surface area contributed by atoms with Crippen molar-refractivity contribution in [2.45, 2.75) is 58.3 Å². The van der Waals surface area contributed by atoms with Gasteiger partial charge in [0.1, 0.15) is 0 Å². The third-order valence-electron chi connectivity index (χ3n) is 3.17. The van der Waals surface area contributed by atoms with Crippen LogP contribution in [0.5, 0.6) is 0 Å². The molecule has 0 saturated heterocycles. The van der Waals surface area contributed by atoms with Gasteiger partial charge in [-0.05, 0) is 39.2 Å². The molecule has 0 radical (unpaired) electrons. The summed E-state index contributed by atoms with van der Waals surface area (Å²) >= 11 is 0. The molecule has 1 unspecified atom stereocenters. The summed E-state index contributed by atoms with van der Waals surface area (Å²) in [6, 6.07) is 8.39. The highest BCUT2D eigenvalue weighted by atomic mass is 19.4. The van der Waals surface area contributed by atoms with Gasteiger partial charge in [0, 0.05) is 18.5 Å². The van der Waals surface area contributed by atoms with Crippen LogP contribution in [-0.2, 0) is 0 Å². The lowest BCUT2D eigenvalue weighted by molar-refractivity contribution is -0.135.